The van der Waals surface area contributed by atoms with Crippen molar-refractivity contribution in [3.63, 3.8) is 0 Å². The van der Waals surface area contributed by atoms with Gasteiger partial charge < -0.3 is 5.32 Å². The smallest absolute Gasteiger partial charge is 0.261 e. The van der Waals surface area contributed by atoms with Gasteiger partial charge in [0.05, 0.1) is 26.3 Å². The molecule has 0 radical (unpaired) electrons. The third kappa shape index (κ3) is 5.03. The zero-order chi connectivity index (χ0) is 21.2. The summed E-state index contributed by atoms with van der Waals surface area (Å²) in [7, 11) is -4.11. The lowest BCUT2D eigenvalue weighted by molar-refractivity contribution is 0.102. The number of hydrogen-bond acceptors (Lipinski definition) is 3. The second kappa shape index (κ2) is 8.36. The molecule has 0 aromatic heterocycles. The second-order valence-electron chi connectivity index (χ2n) is 5.84. The molecule has 29 heavy (non-hydrogen) atoms. The molecule has 0 saturated heterocycles. The lowest BCUT2D eigenvalue weighted by Crippen LogP contribution is -2.15. The van der Waals surface area contributed by atoms with Gasteiger partial charge in [0.15, 0.2) is 0 Å². The Kier molecular flexibility index (Phi) is 6.07. The first-order valence-corrected chi connectivity index (χ1v) is 10.2. The standard InChI is InChI=1S/C19H12Cl2F2N2O3S/c20-15-7-5-13(9-16(15)21)25-29(27,28)14-6-8-18(17(23)10-14)24-19(26)11-1-3-12(22)4-2-11/h1-10,25H,(H,24,26). The molecular formula is C19H12Cl2F2N2O3S. The summed E-state index contributed by atoms with van der Waals surface area (Å²) >= 11 is 11.6. The van der Waals surface area contributed by atoms with E-state index in [9.17, 15) is 22.0 Å². The minimum Gasteiger partial charge on any atom is -0.319 e. The van der Waals surface area contributed by atoms with Crippen LogP contribution in [0, 0.1) is 11.6 Å². The molecular weight excluding hydrogens is 445 g/mol. The SMILES string of the molecule is O=C(Nc1ccc(S(=O)(=O)Nc2ccc(Cl)c(Cl)c2)cc1F)c1ccc(F)cc1. The van der Waals surface area contributed by atoms with Crippen molar-refractivity contribution in [2.45, 2.75) is 4.90 Å². The first kappa shape index (κ1) is 21.0. The maximum absolute atomic E-state index is 14.4. The van der Waals surface area contributed by atoms with Crippen molar-refractivity contribution >= 4 is 50.5 Å². The lowest BCUT2D eigenvalue weighted by Gasteiger charge is -2.11. The summed E-state index contributed by atoms with van der Waals surface area (Å²) < 4.78 is 54.5. The molecule has 0 aliphatic rings. The van der Waals surface area contributed by atoms with E-state index in [4.69, 9.17) is 23.2 Å². The van der Waals surface area contributed by atoms with Crippen molar-refractivity contribution in [3.8, 4) is 0 Å². The molecule has 3 aromatic rings. The number of amides is 1. The number of hydrogen-bond donors (Lipinski definition) is 2. The fraction of sp³-hybridized carbons (Fsp3) is 0. The van der Waals surface area contributed by atoms with Crippen LogP contribution in [-0.2, 0) is 10.0 Å². The van der Waals surface area contributed by atoms with Crippen LogP contribution in [0.15, 0.2) is 65.6 Å². The predicted octanol–water partition coefficient (Wildman–Crippen LogP) is 5.32. The van der Waals surface area contributed by atoms with Gasteiger partial charge in [-0.05, 0) is 60.7 Å². The largest absolute Gasteiger partial charge is 0.319 e. The number of benzene rings is 3. The highest BCUT2D eigenvalue weighted by atomic mass is 35.5. The van der Waals surface area contributed by atoms with Crippen molar-refractivity contribution in [1.82, 2.24) is 0 Å². The van der Waals surface area contributed by atoms with Crippen LogP contribution < -0.4 is 10.0 Å². The molecule has 0 spiro atoms. The molecule has 0 bridgehead atoms. The van der Waals surface area contributed by atoms with Crippen molar-refractivity contribution in [3.05, 3.63) is 87.9 Å². The highest BCUT2D eigenvalue weighted by Gasteiger charge is 2.18. The monoisotopic (exact) mass is 456 g/mol. The predicted molar refractivity (Wildman–Crippen MR) is 108 cm³/mol. The van der Waals surface area contributed by atoms with Crippen molar-refractivity contribution in [2.24, 2.45) is 0 Å². The van der Waals surface area contributed by atoms with Crippen LogP contribution in [0.4, 0.5) is 20.2 Å². The Morgan fingerprint density at radius 2 is 1.55 bits per heavy atom. The maximum Gasteiger partial charge on any atom is 0.261 e. The molecule has 1 amide bonds. The molecule has 0 fully saturated rings. The van der Waals surface area contributed by atoms with E-state index in [0.29, 0.717) is 0 Å². The van der Waals surface area contributed by atoms with E-state index < -0.39 is 27.6 Å². The van der Waals surface area contributed by atoms with Gasteiger partial charge >= 0.3 is 0 Å². The van der Waals surface area contributed by atoms with Gasteiger partial charge in [0.2, 0.25) is 0 Å². The Bertz CT molecular complexity index is 1190. The van der Waals surface area contributed by atoms with Crippen LogP contribution in [-0.4, -0.2) is 14.3 Å². The summed E-state index contributed by atoms with van der Waals surface area (Å²) in [5.74, 6) is -2.15. The van der Waals surface area contributed by atoms with Crippen molar-refractivity contribution < 1.29 is 22.0 Å². The molecule has 0 unspecified atom stereocenters. The van der Waals surface area contributed by atoms with Gasteiger partial charge in [-0.3, -0.25) is 9.52 Å². The third-order valence-electron chi connectivity index (χ3n) is 3.78. The number of carbonyl (C=O) groups excluding carboxylic acids is 1. The molecule has 0 aliphatic carbocycles. The van der Waals surface area contributed by atoms with Gasteiger partial charge in [0.1, 0.15) is 11.6 Å². The van der Waals surface area contributed by atoms with Crippen LogP contribution in [0.3, 0.4) is 0 Å². The lowest BCUT2D eigenvalue weighted by atomic mass is 10.2. The van der Waals surface area contributed by atoms with Gasteiger partial charge in [-0.25, -0.2) is 17.2 Å². The van der Waals surface area contributed by atoms with Crippen LogP contribution in [0.1, 0.15) is 10.4 Å². The Morgan fingerprint density at radius 3 is 2.17 bits per heavy atom. The van der Waals surface area contributed by atoms with E-state index in [1.165, 1.54) is 30.3 Å². The molecule has 2 N–H and O–H groups in total. The second-order valence-corrected chi connectivity index (χ2v) is 8.33. The zero-order valence-corrected chi connectivity index (χ0v) is 16.7. The van der Waals surface area contributed by atoms with Gasteiger partial charge in [-0.1, -0.05) is 23.2 Å². The molecule has 3 rings (SSSR count). The molecule has 3 aromatic carbocycles. The molecule has 10 heteroatoms. The Hall–Kier alpha value is -2.68. The Labute approximate surface area is 175 Å². The summed E-state index contributed by atoms with van der Waals surface area (Å²) in [5.41, 5.74) is 0.0325. The van der Waals surface area contributed by atoms with Gasteiger partial charge in [-0.2, -0.15) is 0 Å². The van der Waals surface area contributed by atoms with Gasteiger partial charge in [-0.15, -0.1) is 0 Å². The summed E-state index contributed by atoms with van der Waals surface area (Å²) in [6.07, 6.45) is 0. The fourth-order valence-electron chi connectivity index (χ4n) is 2.33. The van der Waals surface area contributed by atoms with Gasteiger partial charge in [0, 0.05) is 5.56 Å². The molecule has 0 heterocycles. The van der Waals surface area contributed by atoms with Crippen LogP contribution in [0.2, 0.25) is 10.0 Å². The first-order valence-electron chi connectivity index (χ1n) is 8.00. The van der Waals surface area contributed by atoms with E-state index in [2.05, 4.69) is 10.0 Å². The fourth-order valence-corrected chi connectivity index (χ4v) is 3.69. The molecule has 0 aliphatic heterocycles. The van der Waals surface area contributed by atoms with Crippen molar-refractivity contribution in [2.75, 3.05) is 10.0 Å². The summed E-state index contributed by atoms with van der Waals surface area (Å²) in [6.45, 7) is 0. The molecule has 150 valence electrons. The number of carbonyl (C=O) groups is 1. The first-order chi connectivity index (χ1) is 13.7. The maximum atomic E-state index is 14.4. The Morgan fingerprint density at radius 1 is 0.862 bits per heavy atom. The number of anilines is 2. The highest BCUT2D eigenvalue weighted by molar-refractivity contribution is 7.92. The third-order valence-corrected chi connectivity index (χ3v) is 5.90. The van der Waals surface area contributed by atoms with Gasteiger partial charge in [0.25, 0.3) is 15.9 Å². The summed E-state index contributed by atoms with van der Waals surface area (Å²) in [6, 6.07) is 11.8. The van der Waals surface area contributed by atoms with E-state index >= 15 is 0 Å². The van der Waals surface area contributed by atoms with Crippen molar-refractivity contribution in [1.29, 1.82) is 0 Å². The van der Waals surface area contributed by atoms with Crippen LogP contribution in [0.25, 0.3) is 0 Å². The zero-order valence-electron chi connectivity index (χ0n) is 14.4. The number of nitrogens with one attached hydrogen (secondary N) is 2. The summed E-state index contributed by atoms with van der Waals surface area (Å²) in [5, 5.41) is 2.71. The van der Waals surface area contributed by atoms with E-state index in [-0.39, 0.29) is 31.9 Å². The van der Waals surface area contributed by atoms with Crippen LogP contribution >= 0.6 is 23.2 Å². The summed E-state index contributed by atoms with van der Waals surface area (Å²) in [4.78, 5) is 11.7. The quantitative estimate of drug-likeness (QED) is 0.544. The number of halogens is 4. The van der Waals surface area contributed by atoms with E-state index in [1.54, 1.807) is 0 Å². The van der Waals surface area contributed by atoms with Crippen LogP contribution in [0.5, 0.6) is 0 Å². The number of rotatable bonds is 5. The minimum atomic E-state index is -4.11. The molecule has 0 saturated carbocycles. The molecule has 5 nitrogen and oxygen atoms in total. The highest BCUT2D eigenvalue weighted by Crippen LogP contribution is 2.27. The minimum absolute atomic E-state index is 0.115. The average Bonchev–Trinajstić information content (AvgIpc) is 2.66. The normalized spacial score (nSPS) is 11.2. The topological polar surface area (TPSA) is 75.3 Å². The van der Waals surface area contributed by atoms with E-state index in [0.717, 1.165) is 30.3 Å². The average molecular weight is 457 g/mol. The Balaban J connectivity index is 1.79. The van der Waals surface area contributed by atoms with E-state index in [1.807, 2.05) is 0 Å². The number of sulfonamides is 1. The molecule has 0 atom stereocenters.